The van der Waals surface area contributed by atoms with Gasteiger partial charge in [0.05, 0.1) is 12.1 Å². The number of nitrogens with two attached hydrogens (primary N) is 1. The SMILES string of the molecule is N#C[C@@H]1CCCN1C(=O)[C@H](CC1CNc2ccc(Oc3ccc(N)cc3)cc21)NC(F)(F)F. The molecule has 174 valence electrons. The van der Waals surface area contributed by atoms with E-state index in [4.69, 9.17) is 10.5 Å². The standard InChI is InChI=1S/C23H24F3N5O2/c24-23(25,26)30-21(22(32)31-9-1-2-16(31)12-27)10-14-13-29-20-8-7-18(11-19(14)20)33-17-5-3-15(28)4-6-17/h3-8,11,14,16,21,29-30H,1-2,9-10,13,28H2/t14?,16-,21-/m0/s1. The molecule has 0 aromatic heterocycles. The highest BCUT2D eigenvalue weighted by Crippen LogP contribution is 2.38. The number of rotatable bonds is 6. The number of carbonyl (C=O) groups excluding carboxylic acids is 1. The van der Waals surface area contributed by atoms with Gasteiger partial charge in [0.25, 0.3) is 0 Å². The maximum atomic E-state index is 13.2. The molecule has 0 radical (unpaired) electrons. The maximum Gasteiger partial charge on any atom is 0.457 e. The van der Waals surface area contributed by atoms with E-state index in [-0.39, 0.29) is 18.9 Å². The quantitative estimate of drug-likeness (QED) is 0.447. The molecule has 2 heterocycles. The van der Waals surface area contributed by atoms with Crippen molar-refractivity contribution in [2.24, 2.45) is 0 Å². The van der Waals surface area contributed by atoms with Crippen LogP contribution in [-0.4, -0.2) is 42.3 Å². The van der Waals surface area contributed by atoms with Gasteiger partial charge in [0, 0.05) is 30.4 Å². The van der Waals surface area contributed by atoms with E-state index < -0.39 is 24.3 Å². The number of nitrogen functional groups attached to an aromatic ring is 1. The maximum absolute atomic E-state index is 13.2. The molecule has 0 saturated carbocycles. The summed E-state index contributed by atoms with van der Waals surface area (Å²) in [4.78, 5) is 14.2. The number of alkyl halides is 3. The van der Waals surface area contributed by atoms with Crippen LogP contribution in [0.4, 0.5) is 24.5 Å². The number of anilines is 2. The van der Waals surface area contributed by atoms with Crippen molar-refractivity contribution >= 4 is 17.3 Å². The predicted octanol–water partition coefficient (Wildman–Crippen LogP) is 3.95. The summed E-state index contributed by atoms with van der Waals surface area (Å²) in [5, 5.41) is 14.0. The molecule has 1 amide bonds. The zero-order valence-corrected chi connectivity index (χ0v) is 17.7. The summed E-state index contributed by atoms with van der Waals surface area (Å²) in [5.74, 6) is 0.0685. The number of hydrogen-bond acceptors (Lipinski definition) is 6. The predicted molar refractivity (Wildman–Crippen MR) is 117 cm³/mol. The fraction of sp³-hybridized carbons (Fsp3) is 0.391. The number of likely N-dealkylation sites (tertiary alicyclic amines) is 1. The summed E-state index contributed by atoms with van der Waals surface area (Å²) >= 11 is 0. The Kier molecular flexibility index (Phi) is 6.33. The lowest BCUT2D eigenvalue weighted by Gasteiger charge is -2.28. The number of fused-ring (bicyclic) bond motifs is 1. The Hall–Kier alpha value is -3.45. The Labute approximate surface area is 189 Å². The second-order valence-electron chi connectivity index (χ2n) is 8.25. The first-order valence-corrected chi connectivity index (χ1v) is 10.7. The number of ether oxygens (including phenoxy) is 1. The van der Waals surface area contributed by atoms with Crippen molar-refractivity contribution in [1.29, 1.82) is 5.26 Å². The molecule has 33 heavy (non-hydrogen) atoms. The van der Waals surface area contributed by atoms with Gasteiger partial charge in [-0.2, -0.15) is 18.4 Å². The van der Waals surface area contributed by atoms with Crippen molar-refractivity contribution < 1.29 is 22.7 Å². The Balaban J connectivity index is 1.54. The smallest absolute Gasteiger partial charge is 0.457 e. The van der Waals surface area contributed by atoms with E-state index in [0.717, 1.165) is 11.3 Å². The molecule has 3 atom stereocenters. The largest absolute Gasteiger partial charge is 0.457 e. The number of halogens is 3. The third-order valence-corrected chi connectivity index (χ3v) is 5.96. The summed E-state index contributed by atoms with van der Waals surface area (Å²) in [5.41, 5.74) is 7.86. The van der Waals surface area contributed by atoms with Crippen molar-refractivity contribution in [2.75, 3.05) is 24.1 Å². The minimum absolute atomic E-state index is 0.0711. The number of nitriles is 1. The molecule has 1 fully saturated rings. The second kappa shape index (κ2) is 9.19. The van der Waals surface area contributed by atoms with Crippen LogP contribution in [0.1, 0.15) is 30.7 Å². The Morgan fingerprint density at radius 2 is 2.00 bits per heavy atom. The van der Waals surface area contributed by atoms with Gasteiger partial charge in [0.2, 0.25) is 5.91 Å². The normalized spacial score (nSPS) is 20.6. The van der Waals surface area contributed by atoms with E-state index in [1.165, 1.54) is 10.2 Å². The van der Waals surface area contributed by atoms with Crippen LogP contribution < -0.4 is 21.1 Å². The summed E-state index contributed by atoms with van der Waals surface area (Å²) in [6.45, 7) is 0.678. The van der Waals surface area contributed by atoms with Crippen molar-refractivity contribution in [2.45, 2.75) is 43.6 Å². The molecule has 0 spiro atoms. The topological polar surface area (TPSA) is 103 Å². The summed E-state index contributed by atoms with van der Waals surface area (Å²) in [6.07, 6.45) is -3.72. The molecule has 0 aliphatic carbocycles. The summed E-state index contributed by atoms with van der Waals surface area (Å²) < 4.78 is 45.6. The second-order valence-corrected chi connectivity index (χ2v) is 8.25. The van der Waals surface area contributed by atoms with Crippen LogP contribution in [-0.2, 0) is 4.79 Å². The minimum atomic E-state index is -4.73. The van der Waals surface area contributed by atoms with Gasteiger partial charge in [0.1, 0.15) is 17.5 Å². The number of carbonyl (C=O) groups is 1. The number of nitrogens with zero attached hydrogens (tertiary/aromatic N) is 2. The molecule has 4 N–H and O–H groups in total. The van der Waals surface area contributed by atoms with Crippen LogP contribution in [0.15, 0.2) is 42.5 Å². The zero-order chi connectivity index (χ0) is 23.6. The van der Waals surface area contributed by atoms with Gasteiger partial charge in [0.15, 0.2) is 0 Å². The van der Waals surface area contributed by atoms with E-state index in [0.29, 0.717) is 36.6 Å². The van der Waals surface area contributed by atoms with Gasteiger partial charge in [-0.3, -0.25) is 4.79 Å². The molecule has 2 aliphatic rings. The third kappa shape index (κ3) is 5.31. The molecule has 2 aromatic carbocycles. The minimum Gasteiger partial charge on any atom is -0.457 e. The fourth-order valence-electron chi connectivity index (χ4n) is 4.40. The van der Waals surface area contributed by atoms with Crippen molar-refractivity contribution in [3.8, 4) is 17.6 Å². The van der Waals surface area contributed by atoms with E-state index >= 15 is 0 Å². The number of hydrogen-bond donors (Lipinski definition) is 3. The Bertz CT molecular complexity index is 1050. The van der Waals surface area contributed by atoms with E-state index in [1.54, 1.807) is 36.4 Å². The lowest BCUT2D eigenvalue weighted by atomic mass is 9.93. The first-order valence-electron chi connectivity index (χ1n) is 10.7. The molecule has 1 saturated heterocycles. The fourth-order valence-corrected chi connectivity index (χ4v) is 4.40. The molecule has 2 aromatic rings. The van der Waals surface area contributed by atoms with Crippen LogP contribution in [0, 0.1) is 11.3 Å². The zero-order valence-electron chi connectivity index (χ0n) is 17.7. The monoisotopic (exact) mass is 459 g/mol. The van der Waals surface area contributed by atoms with Gasteiger partial charge in [-0.15, -0.1) is 0 Å². The molecule has 10 heteroatoms. The van der Waals surface area contributed by atoms with E-state index in [9.17, 15) is 23.2 Å². The molecular formula is C23H24F3N5O2. The van der Waals surface area contributed by atoms with Crippen LogP contribution in [0.25, 0.3) is 0 Å². The highest BCUT2D eigenvalue weighted by atomic mass is 19.4. The first kappa shape index (κ1) is 22.7. The average Bonchev–Trinajstić information content (AvgIpc) is 3.40. The highest BCUT2D eigenvalue weighted by Gasteiger charge is 2.41. The van der Waals surface area contributed by atoms with Gasteiger partial charge in [-0.25, -0.2) is 5.32 Å². The van der Waals surface area contributed by atoms with Gasteiger partial charge >= 0.3 is 6.30 Å². The van der Waals surface area contributed by atoms with Gasteiger partial charge in [-0.1, -0.05) is 0 Å². The highest BCUT2D eigenvalue weighted by molar-refractivity contribution is 5.83. The van der Waals surface area contributed by atoms with Crippen molar-refractivity contribution in [3.63, 3.8) is 0 Å². The molecule has 0 bridgehead atoms. The van der Waals surface area contributed by atoms with Gasteiger partial charge in [-0.05, 0) is 67.3 Å². The van der Waals surface area contributed by atoms with E-state index in [2.05, 4.69) is 5.32 Å². The number of nitrogens with one attached hydrogen (secondary N) is 2. The Morgan fingerprint density at radius 1 is 1.27 bits per heavy atom. The molecule has 4 rings (SSSR count). The van der Waals surface area contributed by atoms with Crippen molar-refractivity contribution in [3.05, 3.63) is 48.0 Å². The van der Waals surface area contributed by atoms with Crippen LogP contribution in [0.3, 0.4) is 0 Å². The summed E-state index contributed by atoms with van der Waals surface area (Å²) in [6, 6.07) is 12.1. The molecule has 2 aliphatic heterocycles. The van der Waals surface area contributed by atoms with Gasteiger partial charge < -0.3 is 20.7 Å². The molecular weight excluding hydrogens is 435 g/mol. The molecule has 1 unspecified atom stereocenters. The summed E-state index contributed by atoms with van der Waals surface area (Å²) in [7, 11) is 0. The van der Waals surface area contributed by atoms with Crippen LogP contribution in [0.2, 0.25) is 0 Å². The van der Waals surface area contributed by atoms with Crippen LogP contribution >= 0.6 is 0 Å². The average molecular weight is 459 g/mol. The van der Waals surface area contributed by atoms with Crippen molar-refractivity contribution in [1.82, 2.24) is 10.2 Å². The van der Waals surface area contributed by atoms with E-state index in [1.807, 2.05) is 12.1 Å². The molecule has 7 nitrogen and oxygen atoms in total. The third-order valence-electron chi connectivity index (χ3n) is 5.96. The van der Waals surface area contributed by atoms with Crippen LogP contribution in [0.5, 0.6) is 11.5 Å². The Morgan fingerprint density at radius 3 is 2.70 bits per heavy atom. The first-order chi connectivity index (χ1) is 15.7. The number of benzene rings is 2. The lowest BCUT2D eigenvalue weighted by Crippen LogP contribution is -2.52. The number of amides is 1. The lowest BCUT2D eigenvalue weighted by molar-refractivity contribution is -0.172.